The summed E-state index contributed by atoms with van der Waals surface area (Å²) in [6.45, 7) is 2.07. The van der Waals surface area contributed by atoms with Crippen LogP contribution < -0.4 is 5.73 Å². The summed E-state index contributed by atoms with van der Waals surface area (Å²) in [5.41, 5.74) is 12.8. The summed E-state index contributed by atoms with van der Waals surface area (Å²) in [6, 6.07) is 5.60. The number of carbonyl (C=O) groups excluding carboxylic acids is 2. The number of benzene rings is 1. The molecule has 0 aliphatic heterocycles. The molecular weight excluding hydrogens is 398 g/mol. The largest absolute Gasteiger partial charge is 0.462 e. The van der Waals surface area contributed by atoms with Crippen molar-refractivity contribution in [1.82, 2.24) is 9.97 Å². The van der Waals surface area contributed by atoms with Gasteiger partial charge >= 0.3 is 5.97 Å². The average molecular weight is 420 g/mol. The average Bonchev–Trinajstić information content (AvgIpc) is 3.33. The molecule has 30 heavy (non-hydrogen) atoms. The van der Waals surface area contributed by atoms with Crippen LogP contribution in [0.1, 0.15) is 51.1 Å². The van der Waals surface area contributed by atoms with Crippen LogP contribution in [0.3, 0.4) is 0 Å². The number of rotatable bonds is 4. The SMILES string of the molecule is CCOC(=O)c1sc2nc3c(c(-c4c[nH]c5ccc(C=O)cc45)c2c1N)CCCC3. The van der Waals surface area contributed by atoms with E-state index in [1.807, 2.05) is 18.3 Å². The first-order chi connectivity index (χ1) is 14.6. The van der Waals surface area contributed by atoms with Gasteiger partial charge in [0, 0.05) is 44.9 Å². The quantitative estimate of drug-likeness (QED) is 0.362. The Labute approximate surface area is 177 Å². The van der Waals surface area contributed by atoms with E-state index in [2.05, 4.69) is 4.98 Å². The number of nitrogen functional groups attached to an aromatic ring is 1. The Morgan fingerprint density at radius 2 is 2.17 bits per heavy atom. The smallest absolute Gasteiger partial charge is 0.350 e. The van der Waals surface area contributed by atoms with E-state index >= 15 is 0 Å². The fourth-order valence-electron chi connectivity index (χ4n) is 4.37. The number of carbonyl (C=O) groups is 2. The van der Waals surface area contributed by atoms with Gasteiger partial charge in [0.1, 0.15) is 16.0 Å². The maximum Gasteiger partial charge on any atom is 0.350 e. The lowest BCUT2D eigenvalue weighted by Gasteiger charge is -2.20. The van der Waals surface area contributed by atoms with E-state index < -0.39 is 5.97 Å². The highest BCUT2D eigenvalue weighted by Crippen LogP contribution is 2.45. The van der Waals surface area contributed by atoms with Gasteiger partial charge in [0.15, 0.2) is 0 Å². The molecule has 0 bridgehead atoms. The number of fused-ring (bicyclic) bond motifs is 3. The zero-order chi connectivity index (χ0) is 20.8. The van der Waals surface area contributed by atoms with Crippen LogP contribution in [-0.2, 0) is 17.6 Å². The molecule has 0 atom stereocenters. The standard InChI is InChI=1S/C23H21N3O3S/c1-2-29-23(28)21-20(24)19-18(13-5-3-4-6-17(13)26-22(19)30-21)15-10-25-16-8-7-12(11-27)9-14(15)16/h7-11,25H,2-6,24H2,1H3. The molecule has 6 nitrogen and oxygen atoms in total. The van der Waals surface area contributed by atoms with Crippen LogP contribution in [0.25, 0.3) is 32.2 Å². The first-order valence-electron chi connectivity index (χ1n) is 10.1. The molecule has 4 aromatic rings. The van der Waals surface area contributed by atoms with Gasteiger partial charge in [-0.1, -0.05) is 0 Å². The number of anilines is 1. The number of hydrogen-bond acceptors (Lipinski definition) is 6. The number of nitrogens with one attached hydrogen (secondary N) is 1. The molecule has 0 amide bonds. The molecule has 0 saturated carbocycles. The number of H-pyrrole nitrogens is 1. The normalized spacial score (nSPS) is 13.5. The number of aldehydes is 1. The Morgan fingerprint density at radius 1 is 1.33 bits per heavy atom. The number of hydrogen-bond donors (Lipinski definition) is 2. The van der Waals surface area contributed by atoms with Crippen molar-refractivity contribution in [3.8, 4) is 11.1 Å². The molecule has 3 aromatic heterocycles. The zero-order valence-corrected chi connectivity index (χ0v) is 17.4. The Bertz CT molecular complexity index is 1320. The maximum atomic E-state index is 12.5. The molecule has 0 unspecified atom stereocenters. The van der Waals surface area contributed by atoms with E-state index in [0.29, 0.717) is 22.7 Å². The topological polar surface area (TPSA) is 98.1 Å². The van der Waals surface area contributed by atoms with E-state index in [0.717, 1.165) is 69.9 Å². The molecule has 0 saturated heterocycles. The summed E-state index contributed by atoms with van der Waals surface area (Å²) in [5.74, 6) is -0.413. The molecule has 1 aliphatic carbocycles. The van der Waals surface area contributed by atoms with Crippen molar-refractivity contribution in [3.05, 3.63) is 46.1 Å². The second kappa shape index (κ2) is 7.25. The molecule has 0 radical (unpaired) electrons. The molecule has 0 fully saturated rings. The van der Waals surface area contributed by atoms with Crippen molar-refractivity contribution in [1.29, 1.82) is 0 Å². The third-order valence-electron chi connectivity index (χ3n) is 5.73. The van der Waals surface area contributed by atoms with Crippen molar-refractivity contribution in [2.75, 3.05) is 12.3 Å². The van der Waals surface area contributed by atoms with Crippen LogP contribution in [0, 0.1) is 0 Å². The van der Waals surface area contributed by atoms with Crippen molar-refractivity contribution in [3.63, 3.8) is 0 Å². The van der Waals surface area contributed by atoms with E-state index in [9.17, 15) is 9.59 Å². The van der Waals surface area contributed by atoms with Gasteiger partial charge in [-0.25, -0.2) is 9.78 Å². The number of ether oxygens (including phenoxy) is 1. The van der Waals surface area contributed by atoms with Crippen LogP contribution >= 0.6 is 11.3 Å². The summed E-state index contributed by atoms with van der Waals surface area (Å²) in [5, 5.41) is 1.77. The first-order valence-corrected chi connectivity index (χ1v) is 10.9. The van der Waals surface area contributed by atoms with Crippen molar-refractivity contribution in [2.24, 2.45) is 0 Å². The van der Waals surface area contributed by atoms with Crippen LogP contribution in [0.4, 0.5) is 5.69 Å². The second-order valence-electron chi connectivity index (χ2n) is 7.49. The van der Waals surface area contributed by atoms with E-state index in [1.54, 1.807) is 13.0 Å². The first kappa shape index (κ1) is 18.8. The van der Waals surface area contributed by atoms with E-state index in [-0.39, 0.29) is 0 Å². The second-order valence-corrected chi connectivity index (χ2v) is 8.49. The number of esters is 1. The monoisotopic (exact) mass is 419 g/mol. The number of nitrogens with zero attached hydrogens (tertiary/aromatic N) is 1. The number of aromatic amines is 1. The molecular formula is C23H21N3O3S. The summed E-state index contributed by atoms with van der Waals surface area (Å²) in [6.07, 6.45) is 6.82. The van der Waals surface area contributed by atoms with Crippen LogP contribution in [0.5, 0.6) is 0 Å². The molecule has 7 heteroatoms. The molecule has 1 aliphatic rings. The van der Waals surface area contributed by atoms with Crippen LogP contribution in [0.15, 0.2) is 24.4 Å². The third kappa shape index (κ3) is 2.81. The van der Waals surface area contributed by atoms with Gasteiger partial charge in [-0.15, -0.1) is 11.3 Å². The molecule has 0 spiro atoms. The fraction of sp³-hybridized carbons (Fsp3) is 0.261. The van der Waals surface area contributed by atoms with Crippen molar-refractivity contribution >= 4 is 50.4 Å². The number of aryl methyl sites for hydroxylation is 1. The number of aromatic nitrogens is 2. The Hall–Kier alpha value is -3.19. The minimum Gasteiger partial charge on any atom is -0.462 e. The Balaban J connectivity index is 1.86. The molecule has 5 rings (SSSR count). The van der Waals surface area contributed by atoms with Gasteiger partial charge in [-0.2, -0.15) is 0 Å². The van der Waals surface area contributed by atoms with Gasteiger partial charge in [0.05, 0.1) is 12.3 Å². The minimum absolute atomic E-state index is 0.292. The number of pyridine rings is 1. The summed E-state index contributed by atoms with van der Waals surface area (Å²) >= 11 is 1.29. The number of nitrogens with two attached hydrogens (primary N) is 1. The van der Waals surface area contributed by atoms with Gasteiger partial charge in [0.25, 0.3) is 0 Å². The predicted octanol–water partition coefficient (Wildman–Crippen LogP) is 4.89. The maximum absolute atomic E-state index is 12.5. The molecule has 3 heterocycles. The van der Waals surface area contributed by atoms with Crippen molar-refractivity contribution in [2.45, 2.75) is 32.6 Å². The van der Waals surface area contributed by atoms with Crippen molar-refractivity contribution < 1.29 is 14.3 Å². The zero-order valence-electron chi connectivity index (χ0n) is 16.6. The highest BCUT2D eigenvalue weighted by atomic mass is 32.1. The van der Waals surface area contributed by atoms with Gasteiger partial charge in [-0.3, -0.25) is 4.79 Å². The van der Waals surface area contributed by atoms with Crippen LogP contribution in [-0.4, -0.2) is 28.8 Å². The lowest BCUT2D eigenvalue weighted by atomic mass is 9.87. The fourth-order valence-corrected chi connectivity index (χ4v) is 5.39. The summed E-state index contributed by atoms with van der Waals surface area (Å²) < 4.78 is 5.21. The lowest BCUT2D eigenvalue weighted by Crippen LogP contribution is -2.08. The van der Waals surface area contributed by atoms with E-state index in [4.69, 9.17) is 15.5 Å². The van der Waals surface area contributed by atoms with Crippen LogP contribution in [0.2, 0.25) is 0 Å². The number of thiophene rings is 1. The Morgan fingerprint density at radius 3 is 2.97 bits per heavy atom. The highest BCUT2D eigenvalue weighted by Gasteiger charge is 2.27. The van der Waals surface area contributed by atoms with Gasteiger partial charge < -0.3 is 15.5 Å². The molecule has 152 valence electrons. The molecule has 1 aromatic carbocycles. The third-order valence-corrected chi connectivity index (χ3v) is 6.81. The van der Waals surface area contributed by atoms with E-state index in [1.165, 1.54) is 16.9 Å². The minimum atomic E-state index is -0.413. The van der Waals surface area contributed by atoms with Gasteiger partial charge in [0.2, 0.25) is 0 Å². The Kier molecular flexibility index (Phi) is 4.55. The van der Waals surface area contributed by atoms with Gasteiger partial charge in [-0.05, 0) is 56.4 Å². The summed E-state index contributed by atoms with van der Waals surface area (Å²) in [4.78, 5) is 33.2. The lowest BCUT2D eigenvalue weighted by molar-refractivity contribution is 0.0533. The summed E-state index contributed by atoms with van der Waals surface area (Å²) in [7, 11) is 0. The molecule has 3 N–H and O–H groups in total. The highest BCUT2D eigenvalue weighted by molar-refractivity contribution is 7.21. The predicted molar refractivity (Wildman–Crippen MR) is 119 cm³/mol.